The van der Waals surface area contributed by atoms with Gasteiger partial charge in [0.25, 0.3) is 5.91 Å². The molecule has 108 valence electrons. The Hall–Kier alpha value is -2.81. The molecule has 0 aliphatic carbocycles. The van der Waals surface area contributed by atoms with Gasteiger partial charge >= 0.3 is 0 Å². The monoisotopic (exact) mass is 287 g/mol. The molecule has 1 amide bonds. The molecule has 0 saturated heterocycles. The van der Waals surface area contributed by atoms with Crippen LogP contribution in [0.15, 0.2) is 34.7 Å². The summed E-state index contributed by atoms with van der Waals surface area (Å²) in [4.78, 5) is 13.2. The Kier molecular flexibility index (Phi) is 4.24. The van der Waals surface area contributed by atoms with Crippen LogP contribution in [0.2, 0.25) is 0 Å². The van der Waals surface area contributed by atoms with Crippen LogP contribution in [0.4, 0.5) is 10.1 Å². The minimum Gasteiger partial charge on any atom is -0.454 e. The molecular formula is C15H14FN3O2. The van der Waals surface area contributed by atoms with Crippen molar-refractivity contribution < 1.29 is 13.6 Å². The standard InChI is InChI=1S/C15H14FN3O2/c1-18-15(20)14-6-4-12(21-14)9-19(2)13-5-3-11(16)7-10(13)8-17/h3-7H,9H2,1-2H3,(H,18,20). The molecule has 0 unspecified atom stereocenters. The maximum absolute atomic E-state index is 13.1. The Labute approximate surface area is 121 Å². The lowest BCUT2D eigenvalue weighted by molar-refractivity contribution is 0.0934. The van der Waals surface area contributed by atoms with Crippen LogP contribution >= 0.6 is 0 Å². The fourth-order valence-corrected chi connectivity index (χ4v) is 1.96. The molecule has 0 spiro atoms. The number of halogens is 1. The van der Waals surface area contributed by atoms with Crippen molar-refractivity contribution in [3.05, 3.63) is 53.2 Å². The average Bonchev–Trinajstić information content (AvgIpc) is 2.94. The highest BCUT2D eigenvalue weighted by molar-refractivity contribution is 5.91. The lowest BCUT2D eigenvalue weighted by Crippen LogP contribution is -2.18. The SMILES string of the molecule is CNC(=O)c1ccc(CN(C)c2ccc(F)cc2C#N)o1. The first-order valence-electron chi connectivity index (χ1n) is 6.26. The molecule has 2 rings (SSSR count). The summed E-state index contributed by atoms with van der Waals surface area (Å²) >= 11 is 0. The molecule has 21 heavy (non-hydrogen) atoms. The molecule has 6 heteroatoms. The molecule has 5 nitrogen and oxygen atoms in total. The van der Waals surface area contributed by atoms with Crippen molar-refractivity contribution in [3.8, 4) is 6.07 Å². The van der Waals surface area contributed by atoms with Gasteiger partial charge in [-0.1, -0.05) is 0 Å². The van der Waals surface area contributed by atoms with Crippen LogP contribution in [0.25, 0.3) is 0 Å². The van der Waals surface area contributed by atoms with E-state index in [0.29, 0.717) is 18.0 Å². The molecule has 0 saturated carbocycles. The predicted molar refractivity (Wildman–Crippen MR) is 75.3 cm³/mol. The Balaban J connectivity index is 2.18. The van der Waals surface area contributed by atoms with E-state index in [0.717, 1.165) is 0 Å². The van der Waals surface area contributed by atoms with Gasteiger partial charge in [-0.25, -0.2) is 4.39 Å². The van der Waals surface area contributed by atoms with Gasteiger partial charge in [0.05, 0.1) is 17.8 Å². The molecule has 0 radical (unpaired) electrons. The molecule has 0 atom stereocenters. The lowest BCUT2D eigenvalue weighted by Gasteiger charge is -2.19. The van der Waals surface area contributed by atoms with Crippen molar-refractivity contribution in [3.63, 3.8) is 0 Å². The van der Waals surface area contributed by atoms with Crippen LogP contribution in [0.1, 0.15) is 21.9 Å². The molecular weight excluding hydrogens is 273 g/mol. The second kappa shape index (κ2) is 6.09. The number of carbonyl (C=O) groups is 1. The van der Waals surface area contributed by atoms with Gasteiger partial charge in [0, 0.05) is 14.1 Å². The van der Waals surface area contributed by atoms with E-state index in [9.17, 15) is 9.18 Å². The molecule has 1 heterocycles. The average molecular weight is 287 g/mol. The Morgan fingerprint density at radius 1 is 1.43 bits per heavy atom. The number of hydrogen-bond donors (Lipinski definition) is 1. The second-order valence-corrected chi connectivity index (χ2v) is 4.47. The summed E-state index contributed by atoms with van der Waals surface area (Å²) in [6, 6.07) is 9.25. The minimum atomic E-state index is -0.455. The Morgan fingerprint density at radius 3 is 2.86 bits per heavy atom. The molecule has 0 fully saturated rings. The molecule has 1 aromatic heterocycles. The number of rotatable bonds is 4. The van der Waals surface area contributed by atoms with Crippen molar-refractivity contribution in [2.45, 2.75) is 6.54 Å². The molecule has 1 N–H and O–H groups in total. The van der Waals surface area contributed by atoms with Crippen molar-refractivity contribution in [1.82, 2.24) is 5.32 Å². The smallest absolute Gasteiger partial charge is 0.286 e. The summed E-state index contributed by atoms with van der Waals surface area (Å²) in [6.07, 6.45) is 0. The topological polar surface area (TPSA) is 69.3 Å². The number of furan rings is 1. The fourth-order valence-electron chi connectivity index (χ4n) is 1.96. The van der Waals surface area contributed by atoms with Crippen LogP contribution in [-0.2, 0) is 6.54 Å². The Morgan fingerprint density at radius 2 is 2.19 bits per heavy atom. The summed E-state index contributed by atoms with van der Waals surface area (Å²) < 4.78 is 18.5. The van der Waals surface area contributed by atoms with Crippen LogP contribution < -0.4 is 10.2 Å². The van der Waals surface area contributed by atoms with Gasteiger partial charge in [-0.05, 0) is 30.3 Å². The summed E-state index contributed by atoms with van der Waals surface area (Å²) in [7, 11) is 3.28. The number of nitrogens with zero attached hydrogens (tertiary/aromatic N) is 2. The first-order valence-corrected chi connectivity index (χ1v) is 6.26. The predicted octanol–water partition coefficient (Wildman–Crippen LogP) is 2.29. The largest absolute Gasteiger partial charge is 0.454 e. The van der Waals surface area contributed by atoms with Crippen LogP contribution in [0.5, 0.6) is 0 Å². The van der Waals surface area contributed by atoms with E-state index >= 15 is 0 Å². The van der Waals surface area contributed by atoms with E-state index in [1.54, 1.807) is 24.1 Å². The summed E-state index contributed by atoms with van der Waals surface area (Å²) in [6.45, 7) is 0.358. The second-order valence-electron chi connectivity index (χ2n) is 4.47. The first-order chi connectivity index (χ1) is 10.0. The van der Waals surface area contributed by atoms with Crippen LogP contribution in [-0.4, -0.2) is 20.0 Å². The third-order valence-electron chi connectivity index (χ3n) is 3.00. The molecule has 2 aromatic rings. The van der Waals surface area contributed by atoms with E-state index in [1.807, 2.05) is 6.07 Å². The highest BCUT2D eigenvalue weighted by atomic mass is 19.1. The van der Waals surface area contributed by atoms with Gasteiger partial charge in [-0.3, -0.25) is 4.79 Å². The van der Waals surface area contributed by atoms with Crippen molar-refractivity contribution in [1.29, 1.82) is 5.26 Å². The highest BCUT2D eigenvalue weighted by Crippen LogP contribution is 2.22. The van der Waals surface area contributed by atoms with Crippen molar-refractivity contribution >= 4 is 11.6 Å². The van der Waals surface area contributed by atoms with Crippen molar-refractivity contribution in [2.24, 2.45) is 0 Å². The van der Waals surface area contributed by atoms with Gasteiger partial charge in [0.15, 0.2) is 5.76 Å². The number of nitriles is 1. The summed E-state index contributed by atoms with van der Waals surface area (Å²) in [5.74, 6) is 0.0387. The summed E-state index contributed by atoms with van der Waals surface area (Å²) in [5, 5.41) is 11.5. The number of benzene rings is 1. The number of hydrogen-bond acceptors (Lipinski definition) is 4. The zero-order valence-corrected chi connectivity index (χ0v) is 11.7. The quantitative estimate of drug-likeness (QED) is 0.936. The maximum Gasteiger partial charge on any atom is 0.286 e. The third-order valence-corrected chi connectivity index (χ3v) is 3.00. The van der Waals surface area contributed by atoms with Gasteiger partial charge in [0.1, 0.15) is 17.6 Å². The molecule has 0 aliphatic rings. The van der Waals surface area contributed by atoms with Gasteiger partial charge < -0.3 is 14.6 Å². The number of anilines is 1. The molecule has 0 aliphatic heterocycles. The lowest BCUT2D eigenvalue weighted by atomic mass is 10.1. The van der Waals surface area contributed by atoms with Crippen LogP contribution in [0, 0.1) is 17.1 Å². The van der Waals surface area contributed by atoms with Crippen molar-refractivity contribution in [2.75, 3.05) is 19.0 Å². The maximum atomic E-state index is 13.1. The number of amides is 1. The van der Waals surface area contributed by atoms with E-state index in [2.05, 4.69) is 5.32 Å². The highest BCUT2D eigenvalue weighted by Gasteiger charge is 2.13. The van der Waals surface area contributed by atoms with Gasteiger partial charge in [-0.2, -0.15) is 5.26 Å². The number of nitrogens with one attached hydrogen (secondary N) is 1. The third kappa shape index (κ3) is 3.20. The van der Waals surface area contributed by atoms with E-state index in [4.69, 9.17) is 9.68 Å². The zero-order chi connectivity index (χ0) is 15.4. The van der Waals surface area contributed by atoms with Crippen LogP contribution in [0.3, 0.4) is 0 Å². The van der Waals surface area contributed by atoms with Gasteiger partial charge in [0.2, 0.25) is 0 Å². The van der Waals surface area contributed by atoms with E-state index < -0.39 is 5.82 Å². The number of carbonyl (C=O) groups excluding carboxylic acids is 1. The van der Waals surface area contributed by atoms with Gasteiger partial charge in [-0.15, -0.1) is 0 Å². The molecule has 0 bridgehead atoms. The molecule has 1 aromatic carbocycles. The minimum absolute atomic E-state index is 0.223. The fraction of sp³-hybridized carbons (Fsp3) is 0.200. The normalized spacial score (nSPS) is 10.0. The van der Waals surface area contributed by atoms with E-state index in [1.165, 1.54) is 25.2 Å². The summed E-state index contributed by atoms with van der Waals surface area (Å²) in [5.41, 5.74) is 0.840. The Bertz CT molecular complexity index is 703. The zero-order valence-electron chi connectivity index (χ0n) is 11.7. The first kappa shape index (κ1) is 14.6. The van der Waals surface area contributed by atoms with E-state index in [-0.39, 0.29) is 17.2 Å².